The molecular formula is C14H21N3O3. The van der Waals surface area contributed by atoms with Crippen LogP contribution in [-0.4, -0.2) is 25.0 Å². The second-order valence-electron chi connectivity index (χ2n) is 4.42. The van der Waals surface area contributed by atoms with Crippen molar-refractivity contribution in [1.29, 1.82) is 0 Å². The molecule has 1 atom stereocenters. The molecule has 0 aromatic heterocycles. The molecule has 0 heterocycles. The smallest absolute Gasteiger partial charge is 0.228 e. The molecule has 0 aliphatic rings. The Morgan fingerprint density at radius 1 is 1.30 bits per heavy atom. The van der Waals surface area contributed by atoms with Crippen LogP contribution < -0.4 is 21.5 Å². The minimum Gasteiger partial charge on any atom is -0.493 e. The fourth-order valence-corrected chi connectivity index (χ4v) is 1.61. The third kappa shape index (κ3) is 5.27. The number of rotatable bonds is 8. The summed E-state index contributed by atoms with van der Waals surface area (Å²) in [6.07, 6.45) is 0.879. The Kier molecular flexibility index (Phi) is 6.52. The molecule has 1 aromatic rings. The van der Waals surface area contributed by atoms with Gasteiger partial charge in [0.25, 0.3) is 0 Å². The zero-order valence-electron chi connectivity index (χ0n) is 11.6. The zero-order chi connectivity index (χ0) is 15.0. The number of ether oxygens (including phenoxy) is 1. The first-order chi connectivity index (χ1) is 9.56. The van der Waals surface area contributed by atoms with E-state index in [4.69, 9.17) is 16.2 Å². The third-order valence-electron chi connectivity index (χ3n) is 2.89. The van der Waals surface area contributed by atoms with Gasteiger partial charge in [-0.2, -0.15) is 0 Å². The SMILES string of the molecule is CCC(CN)C(=O)Nc1ccc(OCCC(N)=O)cc1. The minimum atomic E-state index is -0.402. The van der Waals surface area contributed by atoms with Crippen LogP contribution in [-0.2, 0) is 9.59 Å². The first-order valence-corrected chi connectivity index (χ1v) is 6.59. The van der Waals surface area contributed by atoms with E-state index in [9.17, 15) is 9.59 Å². The summed E-state index contributed by atoms with van der Waals surface area (Å²) in [7, 11) is 0. The van der Waals surface area contributed by atoms with Crippen LogP contribution in [0.2, 0.25) is 0 Å². The third-order valence-corrected chi connectivity index (χ3v) is 2.89. The topological polar surface area (TPSA) is 107 Å². The molecule has 5 N–H and O–H groups in total. The molecule has 0 fully saturated rings. The second kappa shape index (κ2) is 8.16. The molecule has 2 amide bonds. The van der Waals surface area contributed by atoms with E-state index in [1.54, 1.807) is 24.3 Å². The van der Waals surface area contributed by atoms with Crippen LogP contribution in [0.4, 0.5) is 5.69 Å². The highest BCUT2D eigenvalue weighted by Gasteiger charge is 2.14. The molecule has 0 aliphatic carbocycles. The van der Waals surface area contributed by atoms with E-state index in [0.717, 1.165) is 0 Å². The Balaban J connectivity index is 2.49. The number of anilines is 1. The van der Waals surface area contributed by atoms with Crippen LogP contribution >= 0.6 is 0 Å². The first kappa shape index (κ1) is 16.0. The zero-order valence-corrected chi connectivity index (χ0v) is 11.6. The van der Waals surface area contributed by atoms with E-state index < -0.39 is 5.91 Å². The molecule has 110 valence electrons. The average molecular weight is 279 g/mol. The summed E-state index contributed by atoms with van der Waals surface area (Å²) in [5, 5.41) is 2.80. The molecule has 20 heavy (non-hydrogen) atoms. The molecule has 0 spiro atoms. The Morgan fingerprint density at radius 2 is 1.95 bits per heavy atom. The molecule has 6 nitrogen and oxygen atoms in total. The van der Waals surface area contributed by atoms with Gasteiger partial charge in [0, 0.05) is 12.2 Å². The van der Waals surface area contributed by atoms with Crippen LogP contribution in [0.3, 0.4) is 0 Å². The summed E-state index contributed by atoms with van der Waals surface area (Å²) in [6, 6.07) is 6.92. The number of benzene rings is 1. The van der Waals surface area contributed by atoms with Gasteiger partial charge in [0.2, 0.25) is 11.8 Å². The second-order valence-corrected chi connectivity index (χ2v) is 4.42. The van der Waals surface area contributed by atoms with E-state index in [0.29, 0.717) is 24.4 Å². The Morgan fingerprint density at radius 3 is 2.45 bits per heavy atom. The van der Waals surface area contributed by atoms with Crippen LogP contribution in [0.1, 0.15) is 19.8 Å². The molecular weight excluding hydrogens is 258 g/mol. The number of amides is 2. The van der Waals surface area contributed by atoms with E-state index in [1.807, 2.05) is 6.92 Å². The molecule has 0 radical (unpaired) electrons. The van der Waals surface area contributed by atoms with Gasteiger partial charge in [-0.05, 0) is 30.7 Å². The van der Waals surface area contributed by atoms with Crippen molar-refractivity contribution in [3.63, 3.8) is 0 Å². The van der Waals surface area contributed by atoms with Crippen molar-refractivity contribution in [1.82, 2.24) is 0 Å². The minimum absolute atomic E-state index is 0.0857. The quantitative estimate of drug-likeness (QED) is 0.656. The number of nitrogens with two attached hydrogens (primary N) is 2. The van der Waals surface area contributed by atoms with E-state index in [-0.39, 0.29) is 24.9 Å². The van der Waals surface area contributed by atoms with E-state index >= 15 is 0 Å². The van der Waals surface area contributed by atoms with Crippen molar-refractivity contribution in [2.24, 2.45) is 17.4 Å². The van der Waals surface area contributed by atoms with Crippen LogP contribution in [0, 0.1) is 5.92 Å². The summed E-state index contributed by atoms with van der Waals surface area (Å²) >= 11 is 0. The number of carbonyl (C=O) groups excluding carboxylic acids is 2. The van der Waals surface area contributed by atoms with Crippen molar-refractivity contribution in [2.45, 2.75) is 19.8 Å². The summed E-state index contributed by atoms with van der Waals surface area (Å²) in [5.41, 5.74) is 11.2. The molecule has 0 aliphatic heterocycles. The normalized spacial score (nSPS) is 11.7. The molecule has 6 heteroatoms. The highest BCUT2D eigenvalue weighted by Crippen LogP contribution is 2.17. The molecule has 0 saturated heterocycles. The summed E-state index contributed by atoms with van der Waals surface area (Å²) in [4.78, 5) is 22.4. The summed E-state index contributed by atoms with van der Waals surface area (Å²) < 4.78 is 5.33. The largest absolute Gasteiger partial charge is 0.493 e. The molecule has 0 saturated carbocycles. The van der Waals surface area contributed by atoms with E-state index in [2.05, 4.69) is 5.32 Å². The number of nitrogens with one attached hydrogen (secondary N) is 1. The van der Waals surface area contributed by atoms with Crippen molar-refractivity contribution in [3.8, 4) is 5.75 Å². The highest BCUT2D eigenvalue weighted by atomic mass is 16.5. The molecule has 0 bridgehead atoms. The maximum Gasteiger partial charge on any atom is 0.228 e. The Bertz CT molecular complexity index is 441. The summed E-state index contributed by atoms with van der Waals surface area (Å²) in [6.45, 7) is 2.50. The standard InChI is InChI=1S/C14H21N3O3/c1-2-10(9-15)14(19)17-11-3-5-12(6-4-11)20-8-7-13(16)18/h3-6,10H,2,7-9,15H2,1H3,(H2,16,18)(H,17,19). The lowest BCUT2D eigenvalue weighted by Gasteiger charge is -2.13. The van der Waals surface area contributed by atoms with Crippen molar-refractivity contribution in [2.75, 3.05) is 18.5 Å². The Labute approximate surface area is 118 Å². The average Bonchev–Trinajstić information content (AvgIpc) is 2.42. The van der Waals surface area contributed by atoms with Crippen molar-refractivity contribution < 1.29 is 14.3 Å². The predicted molar refractivity (Wildman–Crippen MR) is 77.2 cm³/mol. The van der Waals surface area contributed by atoms with Gasteiger partial charge in [-0.1, -0.05) is 6.92 Å². The lowest BCUT2D eigenvalue weighted by Crippen LogP contribution is -2.28. The summed E-state index contributed by atoms with van der Waals surface area (Å²) in [5.74, 6) is -0.0460. The van der Waals surface area contributed by atoms with Gasteiger partial charge in [-0.3, -0.25) is 9.59 Å². The number of hydrogen-bond acceptors (Lipinski definition) is 4. The lowest BCUT2D eigenvalue weighted by molar-refractivity contribution is -0.120. The van der Waals surface area contributed by atoms with Gasteiger partial charge in [0.1, 0.15) is 5.75 Å². The van der Waals surface area contributed by atoms with Gasteiger partial charge < -0.3 is 21.5 Å². The van der Waals surface area contributed by atoms with Crippen molar-refractivity contribution in [3.05, 3.63) is 24.3 Å². The number of primary amides is 1. The molecule has 1 rings (SSSR count). The van der Waals surface area contributed by atoms with Gasteiger partial charge in [0.15, 0.2) is 0 Å². The molecule has 1 unspecified atom stereocenters. The first-order valence-electron chi connectivity index (χ1n) is 6.59. The maximum absolute atomic E-state index is 11.8. The Hall–Kier alpha value is -2.08. The lowest BCUT2D eigenvalue weighted by atomic mass is 10.1. The highest BCUT2D eigenvalue weighted by molar-refractivity contribution is 5.92. The van der Waals surface area contributed by atoms with Crippen LogP contribution in [0.15, 0.2) is 24.3 Å². The van der Waals surface area contributed by atoms with Crippen LogP contribution in [0.25, 0.3) is 0 Å². The van der Waals surface area contributed by atoms with E-state index in [1.165, 1.54) is 0 Å². The van der Waals surface area contributed by atoms with Gasteiger partial charge in [-0.15, -0.1) is 0 Å². The van der Waals surface area contributed by atoms with Gasteiger partial charge in [0.05, 0.1) is 18.9 Å². The number of hydrogen-bond donors (Lipinski definition) is 3. The maximum atomic E-state index is 11.8. The van der Waals surface area contributed by atoms with Gasteiger partial charge >= 0.3 is 0 Å². The molecule has 1 aromatic carbocycles. The predicted octanol–water partition coefficient (Wildman–Crippen LogP) is 0.864. The number of carbonyl (C=O) groups is 2. The fraction of sp³-hybridized carbons (Fsp3) is 0.429. The van der Waals surface area contributed by atoms with Crippen LogP contribution in [0.5, 0.6) is 5.75 Å². The van der Waals surface area contributed by atoms with Crippen molar-refractivity contribution >= 4 is 17.5 Å². The fourth-order valence-electron chi connectivity index (χ4n) is 1.61. The monoisotopic (exact) mass is 279 g/mol. The van der Waals surface area contributed by atoms with Gasteiger partial charge in [-0.25, -0.2) is 0 Å².